The van der Waals surface area contributed by atoms with Crippen LogP contribution in [0.4, 0.5) is 14.5 Å². The Bertz CT molecular complexity index is 643. The van der Waals surface area contributed by atoms with E-state index in [1.807, 2.05) is 0 Å². The lowest BCUT2D eigenvalue weighted by atomic mass is 10.2. The largest absolute Gasteiger partial charge is 0.322 e. The van der Waals surface area contributed by atoms with E-state index in [9.17, 15) is 22.0 Å². The van der Waals surface area contributed by atoms with Gasteiger partial charge in [0.1, 0.15) is 5.82 Å². The van der Waals surface area contributed by atoms with Crippen LogP contribution in [0.2, 0.25) is 5.02 Å². The maximum atomic E-state index is 13.5. The number of benzene rings is 1. The molecule has 1 heterocycles. The molecule has 0 aromatic heterocycles. The molecule has 2 N–H and O–H groups in total. The third kappa shape index (κ3) is 4.36. The molecule has 0 spiro atoms. The molecule has 1 aliphatic rings. The minimum atomic E-state index is -3.16. The highest BCUT2D eigenvalue weighted by Gasteiger charge is 2.26. The molecule has 5 nitrogen and oxygen atoms in total. The first-order chi connectivity index (χ1) is 9.77. The topological polar surface area (TPSA) is 75.3 Å². The first-order valence-corrected chi connectivity index (χ1v) is 8.35. The van der Waals surface area contributed by atoms with Gasteiger partial charge in [-0.25, -0.2) is 17.2 Å². The van der Waals surface area contributed by atoms with E-state index in [0.717, 1.165) is 6.07 Å². The van der Waals surface area contributed by atoms with Gasteiger partial charge >= 0.3 is 0 Å². The van der Waals surface area contributed by atoms with E-state index in [1.54, 1.807) is 0 Å². The zero-order valence-electron chi connectivity index (χ0n) is 10.8. The molecule has 1 saturated heterocycles. The van der Waals surface area contributed by atoms with Crippen LogP contribution < -0.4 is 10.6 Å². The van der Waals surface area contributed by atoms with Crippen molar-refractivity contribution >= 4 is 33.0 Å². The van der Waals surface area contributed by atoms with E-state index in [-0.39, 0.29) is 35.2 Å². The monoisotopic (exact) mass is 338 g/mol. The van der Waals surface area contributed by atoms with Crippen molar-refractivity contribution in [3.05, 3.63) is 28.8 Å². The van der Waals surface area contributed by atoms with Gasteiger partial charge in [0.2, 0.25) is 5.91 Å². The Morgan fingerprint density at radius 3 is 2.76 bits per heavy atom. The Morgan fingerprint density at radius 1 is 1.43 bits per heavy atom. The number of hydrogen-bond acceptors (Lipinski definition) is 4. The van der Waals surface area contributed by atoms with Crippen molar-refractivity contribution in [2.75, 3.05) is 23.4 Å². The van der Waals surface area contributed by atoms with Crippen molar-refractivity contribution in [2.24, 2.45) is 0 Å². The summed E-state index contributed by atoms with van der Waals surface area (Å²) in [5, 5.41) is 4.88. The summed E-state index contributed by atoms with van der Waals surface area (Å²) < 4.78 is 49.3. The minimum Gasteiger partial charge on any atom is -0.322 e. The zero-order chi connectivity index (χ0) is 15.6. The van der Waals surface area contributed by atoms with E-state index in [0.29, 0.717) is 6.07 Å². The van der Waals surface area contributed by atoms with Crippen molar-refractivity contribution in [1.29, 1.82) is 0 Å². The molecule has 1 aliphatic heterocycles. The van der Waals surface area contributed by atoms with Gasteiger partial charge in [0.25, 0.3) is 0 Å². The molecule has 0 bridgehead atoms. The average molecular weight is 339 g/mol. The fourth-order valence-electron chi connectivity index (χ4n) is 2.07. The van der Waals surface area contributed by atoms with Gasteiger partial charge in [-0.3, -0.25) is 4.79 Å². The van der Waals surface area contributed by atoms with Gasteiger partial charge in [-0.05, 0) is 6.07 Å². The molecule has 1 fully saturated rings. The number of carbonyl (C=O) groups excluding carboxylic acids is 1. The van der Waals surface area contributed by atoms with E-state index < -0.39 is 33.4 Å². The molecule has 1 atom stereocenters. The van der Waals surface area contributed by atoms with Crippen LogP contribution in [0.25, 0.3) is 0 Å². The number of anilines is 1. The molecular formula is C12H13ClF2N2O3S. The van der Waals surface area contributed by atoms with Gasteiger partial charge in [-0.1, -0.05) is 11.6 Å². The predicted molar refractivity (Wildman–Crippen MR) is 75.1 cm³/mol. The quantitative estimate of drug-likeness (QED) is 0.872. The molecule has 116 valence electrons. The zero-order valence-corrected chi connectivity index (χ0v) is 12.4. The highest BCUT2D eigenvalue weighted by Crippen LogP contribution is 2.26. The molecule has 1 amide bonds. The number of nitrogens with one attached hydrogen (secondary N) is 2. The first kappa shape index (κ1) is 16.1. The Morgan fingerprint density at radius 2 is 2.14 bits per heavy atom. The van der Waals surface area contributed by atoms with Crippen molar-refractivity contribution in [1.82, 2.24) is 5.32 Å². The second-order valence-corrected chi connectivity index (χ2v) is 7.40. The molecule has 1 aromatic carbocycles. The molecule has 0 aliphatic carbocycles. The lowest BCUT2D eigenvalue weighted by molar-refractivity contribution is -0.116. The molecule has 1 unspecified atom stereocenters. The second kappa shape index (κ2) is 6.25. The second-order valence-electron chi connectivity index (χ2n) is 4.76. The van der Waals surface area contributed by atoms with Crippen LogP contribution in [0, 0.1) is 11.6 Å². The molecule has 9 heteroatoms. The SMILES string of the molecule is O=C(CC1CS(=O)(=O)CCN1)Nc1c(F)cc(F)cc1Cl. The number of rotatable bonds is 3. The summed E-state index contributed by atoms with van der Waals surface area (Å²) in [6.45, 7) is 0.270. The van der Waals surface area contributed by atoms with E-state index in [4.69, 9.17) is 11.6 Å². The van der Waals surface area contributed by atoms with Crippen molar-refractivity contribution < 1.29 is 22.0 Å². The molecule has 0 saturated carbocycles. The Hall–Kier alpha value is -1.25. The van der Waals surface area contributed by atoms with Gasteiger partial charge < -0.3 is 10.6 Å². The van der Waals surface area contributed by atoms with Crippen molar-refractivity contribution in [3.63, 3.8) is 0 Å². The van der Waals surface area contributed by atoms with Crippen LogP contribution in [0.1, 0.15) is 6.42 Å². The van der Waals surface area contributed by atoms with Crippen LogP contribution in [-0.4, -0.2) is 38.4 Å². The summed E-state index contributed by atoms with van der Waals surface area (Å²) in [6, 6.07) is 0.944. The molecular weight excluding hydrogens is 326 g/mol. The normalized spacial score (nSPS) is 21.0. The molecule has 2 rings (SSSR count). The summed E-state index contributed by atoms with van der Waals surface area (Å²) in [4.78, 5) is 11.8. The Labute approximate surface area is 125 Å². The maximum absolute atomic E-state index is 13.5. The van der Waals surface area contributed by atoms with Crippen molar-refractivity contribution in [3.8, 4) is 0 Å². The Kier molecular flexibility index (Phi) is 4.80. The number of amides is 1. The Balaban J connectivity index is 2.02. The predicted octanol–water partition coefficient (Wildman–Crippen LogP) is 1.33. The summed E-state index contributed by atoms with van der Waals surface area (Å²) >= 11 is 5.66. The van der Waals surface area contributed by atoms with Crippen molar-refractivity contribution in [2.45, 2.75) is 12.5 Å². The maximum Gasteiger partial charge on any atom is 0.226 e. The van der Waals surface area contributed by atoms with Crippen LogP contribution >= 0.6 is 11.6 Å². The minimum absolute atomic E-state index is 0.0313. The van der Waals surface area contributed by atoms with Crippen LogP contribution in [-0.2, 0) is 14.6 Å². The highest BCUT2D eigenvalue weighted by atomic mass is 35.5. The summed E-state index contributed by atoms with van der Waals surface area (Å²) in [6.07, 6.45) is -0.146. The standard InChI is InChI=1S/C12H13ClF2N2O3S/c13-9-3-7(14)4-10(15)12(9)17-11(18)5-8-6-21(19,20)2-1-16-8/h3-4,8,16H,1-2,5-6H2,(H,17,18). The lowest BCUT2D eigenvalue weighted by Gasteiger charge is -2.23. The van der Waals surface area contributed by atoms with Gasteiger partial charge in [0, 0.05) is 25.1 Å². The third-order valence-corrected chi connectivity index (χ3v) is 5.04. The van der Waals surface area contributed by atoms with E-state index >= 15 is 0 Å². The lowest BCUT2D eigenvalue weighted by Crippen LogP contribution is -2.46. The van der Waals surface area contributed by atoms with Gasteiger partial charge in [0.15, 0.2) is 15.7 Å². The smallest absolute Gasteiger partial charge is 0.226 e. The van der Waals surface area contributed by atoms with Gasteiger partial charge in [-0.2, -0.15) is 0 Å². The highest BCUT2D eigenvalue weighted by molar-refractivity contribution is 7.91. The summed E-state index contributed by atoms with van der Waals surface area (Å²) in [7, 11) is -3.16. The van der Waals surface area contributed by atoms with Crippen LogP contribution in [0.15, 0.2) is 12.1 Å². The first-order valence-electron chi connectivity index (χ1n) is 6.15. The summed E-state index contributed by atoms with van der Waals surface area (Å²) in [5.41, 5.74) is -0.318. The van der Waals surface area contributed by atoms with Gasteiger partial charge in [0.05, 0.1) is 22.2 Å². The number of halogens is 3. The number of carbonyl (C=O) groups is 1. The third-order valence-electron chi connectivity index (χ3n) is 3.00. The number of hydrogen-bond donors (Lipinski definition) is 2. The van der Waals surface area contributed by atoms with Crippen LogP contribution in [0.5, 0.6) is 0 Å². The molecule has 1 aromatic rings. The number of sulfone groups is 1. The fraction of sp³-hybridized carbons (Fsp3) is 0.417. The average Bonchev–Trinajstić information content (AvgIpc) is 2.32. The summed E-state index contributed by atoms with van der Waals surface area (Å²) in [5.74, 6) is -2.56. The van der Waals surface area contributed by atoms with Crippen LogP contribution in [0.3, 0.4) is 0 Å². The molecule has 21 heavy (non-hydrogen) atoms. The molecule has 0 radical (unpaired) electrons. The van der Waals surface area contributed by atoms with E-state index in [2.05, 4.69) is 10.6 Å². The van der Waals surface area contributed by atoms with Gasteiger partial charge in [-0.15, -0.1) is 0 Å². The fourth-order valence-corrected chi connectivity index (χ4v) is 3.76. The van der Waals surface area contributed by atoms with E-state index in [1.165, 1.54) is 0 Å².